The zero-order chi connectivity index (χ0) is 12.2. The first kappa shape index (κ1) is 14.0. The maximum Gasteiger partial charge on any atom is 0.0214 e. The summed E-state index contributed by atoms with van der Waals surface area (Å²) >= 11 is 0. The lowest BCUT2D eigenvalue weighted by atomic mass is 9.75. The van der Waals surface area contributed by atoms with E-state index >= 15 is 0 Å². The van der Waals surface area contributed by atoms with Crippen LogP contribution in [-0.2, 0) is 0 Å². The summed E-state index contributed by atoms with van der Waals surface area (Å²) < 4.78 is 0. The number of nitrogens with two attached hydrogens (primary N) is 1. The van der Waals surface area contributed by atoms with Gasteiger partial charge in [-0.1, -0.05) is 47.0 Å². The summed E-state index contributed by atoms with van der Waals surface area (Å²) in [7, 11) is 0. The van der Waals surface area contributed by atoms with Gasteiger partial charge in [0.05, 0.1) is 0 Å². The zero-order valence-electron chi connectivity index (χ0n) is 11.6. The Morgan fingerprint density at radius 2 is 1.75 bits per heavy atom. The molecule has 0 aromatic rings. The highest BCUT2D eigenvalue weighted by atomic mass is 14.9. The van der Waals surface area contributed by atoms with Crippen molar-refractivity contribution in [1.29, 1.82) is 0 Å². The van der Waals surface area contributed by atoms with E-state index in [1.807, 2.05) is 0 Å². The van der Waals surface area contributed by atoms with E-state index in [0.717, 1.165) is 13.1 Å². The van der Waals surface area contributed by atoms with Gasteiger partial charge in [0.25, 0.3) is 0 Å². The predicted octanol–water partition coefficient (Wildman–Crippen LogP) is 2.92. The van der Waals surface area contributed by atoms with E-state index in [-0.39, 0.29) is 11.5 Å². The zero-order valence-corrected chi connectivity index (χ0v) is 11.6. The van der Waals surface area contributed by atoms with Crippen molar-refractivity contribution in [3.8, 4) is 0 Å². The molecule has 16 heavy (non-hydrogen) atoms. The van der Waals surface area contributed by atoms with Gasteiger partial charge in [-0.2, -0.15) is 0 Å². The molecule has 1 fully saturated rings. The summed E-state index contributed by atoms with van der Waals surface area (Å²) in [6.07, 6.45) is 7.00. The molecule has 1 aliphatic carbocycles. The van der Waals surface area contributed by atoms with E-state index in [1.54, 1.807) is 0 Å². The second kappa shape index (κ2) is 5.50. The van der Waals surface area contributed by atoms with Gasteiger partial charge in [0.2, 0.25) is 0 Å². The van der Waals surface area contributed by atoms with Crippen molar-refractivity contribution in [1.82, 2.24) is 5.32 Å². The summed E-state index contributed by atoms with van der Waals surface area (Å²) in [5.74, 6) is 0. The number of hydrogen-bond acceptors (Lipinski definition) is 2. The molecule has 96 valence electrons. The SMILES string of the molecule is CC1(CNCC(N)C(C)(C)C)CCCCC1. The molecule has 0 saturated heterocycles. The predicted molar refractivity (Wildman–Crippen MR) is 71.5 cm³/mol. The van der Waals surface area contributed by atoms with Crippen LogP contribution in [0.1, 0.15) is 59.8 Å². The van der Waals surface area contributed by atoms with Crippen molar-refractivity contribution < 1.29 is 0 Å². The molecule has 0 aliphatic heterocycles. The van der Waals surface area contributed by atoms with Crippen molar-refractivity contribution >= 4 is 0 Å². The number of nitrogens with one attached hydrogen (secondary N) is 1. The molecular formula is C14H30N2. The summed E-state index contributed by atoms with van der Waals surface area (Å²) in [5, 5.41) is 3.58. The van der Waals surface area contributed by atoms with Gasteiger partial charge >= 0.3 is 0 Å². The molecule has 0 amide bonds. The van der Waals surface area contributed by atoms with Gasteiger partial charge < -0.3 is 11.1 Å². The summed E-state index contributed by atoms with van der Waals surface area (Å²) in [4.78, 5) is 0. The van der Waals surface area contributed by atoms with Crippen molar-refractivity contribution in [2.45, 2.75) is 65.8 Å². The van der Waals surface area contributed by atoms with Crippen LogP contribution in [0, 0.1) is 10.8 Å². The quantitative estimate of drug-likeness (QED) is 0.773. The monoisotopic (exact) mass is 226 g/mol. The molecule has 1 rings (SSSR count). The summed E-state index contributed by atoms with van der Waals surface area (Å²) in [6.45, 7) is 11.1. The molecule has 1 unspecified atom stereocenters. The van der Waals surface area contributed by atoms with E-state index in [2.05, 4.69) is 33.0 Å². The van der Waals surface area contributed by atoms with Crippen LogP contribution in [0.3, 0.4) is 0 Å². The molecule has 0 bridgehead atoms. The first-order valence-corrected chi connectivity index (χ1v) is 6.80. The smallest absolute Gasteiger partial charge is 0.0214 e. The molecule has 0 radical (unpaired) electrons. The van der Waals surface area contributed by atoms with E-state index in [0.29, 0.717) is 5.41 Å². The molecule has 3 N–H and O–H groups in total. The van der Waals surface area contributed by atoms with Gasteiger partial charge in [-0.05, 0) is 23.7 Å². The molecule has 1 saturated carbocycles. The first-order valence-electron chi connectivity index (χ1n) is 6.80. The minimum Gasteiger partial charge on any atom is -0.326 e. The molecule has 2 nitrogen and oxygen atoms in total. The third kappa shape index (κ3) is 4.42. The van der Waals surface area contributed by atoms with Gasteiger partial charge in [-0.3, -0.25) is 0 Å². The maximum atomic E-state index is 6.15. The van der Waals surface area contributed by atoms with Crippen molar-refractivity contribution in [3.63, 3.8) is 0 Å². The fourth-order valence-electron chi connectivity index (χ4n) is 2.42. The third-order valence-corrected chi connectivity index (χ3v) is 4.09. The lowest BCUT2D eigenvalue weighted by Gasteiger charge is -2.35. The average molecular weight is 226 g/mol. The minimum atomic E-state index is 0.209. The second-order valence-corrected chi connectivity index (χ2v) is 6.97. The Hall–Kier alpha value is -0.0800. The highest BCUT2D eigenvalue weighted by molar-refractivity contribution is 4.83. The third-order valence-electron chi connectivity index (χ3n) is 4.09. The Kier molecular flexibility index (Phi) is 4.81. The normalized spacial score (nSPS) is 23.1. The van der Waals surface area contributed by atoms with Gasteiger partial charge in [-0.15, -0.1) is 0 Å². The molecule has 0 aromatic carbocycles. The molecule has 2 heteroatoms. The Morgan fingerprint density at radius 1 is 1.19 bits per heavy atom. The largest absolute Gasteiger partial charge is 0.326 e. The standard InChI is InChI=1S/C14H30N2/c1-13(2,3)12(15)10-16-11-14(4)8-6-5-7-9-14/h12,16H,5-11,15H2,1-4H3. The van der Waals surface area contributed by atoms with Gasteiger partial charge in [-0.25, -0.2) is 0 Å². The molecule has 1 atom stereocenters. The fourth-order valence-corrected chi connectivity index (χ4v) is 2.42. The molecule has 0 aromatic heterocycles. The molecule has 1 aliphatic rings. The Labute approximate surface area is 101 Å². The van der Waals surface area contributed by atoms with Gasteiger partial charge in [0.15, 0.2) is 0 Å². The van der Waals surface area contributed by atoms with Crippen LogP contribution < -0.4 is 11.1 Å². The number of hydrogen-bond donors (Lipinski definition) is 2. The number of rotatable bonds is 4. The van der Waals surface area contributed by atoms with Crippen molar-refractivity contribution in [2.24, 2.45) is 16.6 Å². The van der Waals surface area contributed by atoms with Crippen LogP contribution in [0.5, 0.6) is 0 Å². The molecule has 0 heterocycles. The van der Waals surface area contributed by atoms with E-state index < -0.39 is 0 Å². The van der Waals surface area contributed by atoms with Crippen LogP contribution in [0.25, 0.3) is 0 Å². The van der Waals surface area contributed by atoms with Crippen molar-refractivity contribution in [2.75, 3.05) is 13.1 Å². The maximum absolute atomic E-state index is 6.15. The van der Waals surface area contributed by atoms with Crippen LogP contribution in [-0.4, -0.2) is 19.1 Å². The van der Waals surface area contributed by atoms with E-state index in [1.165, 1.54) is 32.1 Å². The Morgan fingerprint density at radius 3 is 2.25 bits per heavy atom. The Balaban J connectivity index is 2.24. The minimum absolute atomic E-state index is 0.209. The van der Waals surface area contributed by atoms with Crippen LogP contribution in [0.2, 0.25) is 0 Å². The molecule has 0 spiro atoms. The van der Waals surface area contributed by atoms with Crippen LogP contribution >= 0.6 is 0 Å². The highest BCUT2D eigenvalue weighted by Gasteiger charge is 2.27. The summed E-state index contributed by atoms with van der Waals surface area (Å²) in [6, 6.07) is 0.250. The van der Waals surface area contributed by atoms with Crippen molar-refractivity contribution in [3.05, 3.63) is 0 Å². The fraction of sp³-hybridized carbons (Fsp3) is 1.00. The van der Waals surface area contributed by atoms with Gasteiger partial charge in [0.1, 0.15) is 0 Å². The summed E-state index contributed by atoms with van der Waals surface area (Å²) in [5.41, 5.74) is 6.88. The average Bonchev–Trinajstić information content (AvgIpc) is 2.17. The van der Waals surface area contributed by atoms with E-state index in [4.69, 9.17) is 5.73 Å². The lowest BCUT2D eigenvalue weighted by molar-refractivity contribution is 0.200. The topological polar surface area (TPSA) is 38.0 Å². The molecular weight excluding hydrogens is 196 g/mol. The first-order chi connectivity index (χ1) is 7.33. The van der Waals surface area contributed by atoms with Crippen LogP contribution in [0.4, 0.5) is 0 Å². The van der Waals surface area contributed by atoms with Crippen LogP contribution in [0.15, 0.2) is 0 Å². The van der Waals surface area contributed by atoms with E-state index in [9.17, 15) is 0 Å². The second-order valence-electron chi connectivity index (χ2n) is 6.97. The Bertz CT molecular complexity index is 199. The highest BCUT2D eigenvalue weighted by Crippen LogP contribution is 2.34. The lowest BCUT2D eigenvalue weighted by Crippen LogP contribution is -2.46. The van der Waals surface area contributed by atoms with Gasteiger partial charge in [0, 0.05) is 19.1 Å².